The van der Waals surface area contributed by atoms with E-state index in [0.717, 1.165) is 5.56 Å². The number of nitriles is 1. The molecule has 1 heterocycles. The Morgan fingerprint density at radius 1 is 1.15 bits per heavy atom. The lowest BCUT2D eigenvalue weighted by molar-refractivity contribution is -0.141. The summed E-state index contributed by atoms with van der Waals surface area (Å²) in [4.78, 5) is 11.7. The van der Waals surface area contributed by atoms with Crippen molar-refractivity contribution in [3.05, 3.63) is 76.6 Å². The number of rotatable bonds is 10. The standard InChI is InChI=1S/C32H32FNO7/c1-32(2,36)12-13-38-21-5-9-26(19(14-21)17-34)41-27-11-8-25(33)31-24(27)7-10-28(31)40-22-4-6-23-20(15-30(35)37-3)18-39-29(23)16-22/h4-6,8-9,11,14,16,20,28,36H,7,10,12-13,15,18H2,1-3H3/t20?,28-/m1/s1. The van der Waals surface area contributed by atoms with Crippen molar-refractivity contribution in [3.63, 3.8) is 0 Å². The van der Waals surface area contributed by atoms with Gasteiger partial charge < -0.3 is 28.8 Å². The monoisotopic (exact) mass is 561 g/mol. The number of halogens is 1. The lowest BCUT2D eigenvalue weighted by atomic mass is 9.98. The molecule has 0 saturated carbocycles. The van der Waals surface area contributed by atoms with Gasteiger partial charge in [0.2, 0.25) is 0 Å². The lowest BCUT2D eigenvalue weighted by Crippen LogP contribution is -2.21. The lowest BCUT2D eigenvalue weighted by Gasteiger charge is -2.18. The van der Waals surface area contributed by atoms with E-state index in [1.54, 1.807) is 50.2 Å². The molecule has 0 radical (unpaired) electrons. The van der Waals surface area contributed by atoms with Gasteiger partial charge in [-0.25, -0.2) is 4.39 Å². The quantitative estimate of drug-likeness (QED) is 0.295. The topological polar surface area (TPSA) is 107 Å². The molecule has 9 heteroatoms. The van der Waals surface area contributed by atoms with Crippen LogP contribution >= 0.6 is 0 Å². The summed E-state index contributed by atoms with van der Waals surface area (Å²) in [5, 5.41) is 19.6. The summed E-state index contributed by atoms with van der Waals surface area (Å²) >= 11 is 0. The van der Waals surface area contributed by atoms with Gasteiger partial charge in [0, 0.05) is 41.2 Å². The SMILES string of the molecule is COC(=O)CC1COc2cc(O[C@@H]3CCc4c(Oc5ccc(OCCC(C)(C)O)cc5C#N)ccc(F)c43)ccc21. The molecule has 0 spiro atoms. The molecule has 2 atom stereocenters. The first kappa shape index (κ1) is 28.2. The van der Waals surface area contributed by atoms with Crippen LogP contribution in [0.15, 0.2) is 48.5 Å². The van der Waals surface area contributed by atoms with Crippen LogP contribution in [-0.4, -0.2) is 37.0 Å². The zero-order chi connectivity index (χ0) is 29.1. The number of hydrogen-bond donors (Lipinski definition) is 1. The van der Waals surface area contributed by atoms with Gasteiger partial charge in [0.15, 0.2) is 0 Å². The number of hydrogen-bond acceptors (Lipinski definition) is 8. The Hall–Kier alpha value is -4.29. The van der Waals surface area contributed by atoms with E-state index in [0.29, 0.717) is 72.4 Å². The van der Waals surface area contributed by atoms with Crippen molar-refractivity contribution in [2.75, 3.05) is 20.3 Å². The Labute approximate surface area is 238 Å². The van der Waals surface area contributed by atoms with Gasteiger partial charge in [-0.05, 0) is 57.0 Å². The van der Waals surface area contributed by atoms with Crippen molar-refractivity contribution < 1.29 is 38.0 Å². The molecular weight excluding hydrogens is 529 g/mol. The molecule has 0 saturated heterocycles. The molecule has 1 aliphatic carbocycles. The van der Waals surface area contributed by atoms with Crippen LogP contribution in [0.5, 0.6) is 28.7 Å². The highest BCUT2D eigenvalue weighted by molar-refractivity contribution is 5.71. The van der Waals surface area contributed by atoms with E-state index >= 15 is 4.39 Å². The Morgan fingerprint density at radius 2 is 1.93 bits per heavy atom. The third kappa shape index (κ3) is 6.39. The van der Waals surface area contributed by atoms with Crippen LogP contribution in [-0.2, 0) is 16.0 Å². The average Bonchev–Trinajstić information content (AvgIpc) is 3.54. The molecule has 214 valence electrons. The highest BCUT2D eigenvalue weighted by atomic mass is 19.1. The largest absolute Gasteiger partial charge is 0.493 e. The van der Waals surface area contributed by atoms with E-state index in [4.69, 9.17) is 23.7 Å². The molecule has 3 aromatic carbocycles. The first-order valence-corrected chi connectivity index (χ1v) is 13.5. The van der Waals surface area contributed by atoms with Gasteiger partial charge in [0.1, 0.15) is 46.7 Å². The maximum absolute atomic E-state index is 15.1. The molecule has 0 fully saturated rings. The second kappa shape index (κ2) is 11.7. The van der Waals surface area contributed by atoms with Crippen LogP contribution in [0.2, 0.25) is 0 Å². The fourth-order valence-electron chi connectivity index (χ4n) is 5.12. The minimum atomic E-state index is -0.852. The van der Waals surface area contributed by atoms with Crippen LogP contribution < -0.4 is 18.9 Å². The van der Waals surface area contributed by atoms with Crippen molar-refractivity contribution in [1.29, 1.82) is 5.26 Å². The maximum atomic E-state index is 15.1. The Morgan fingerprint density at radius 3 is 2.68 bits per heavy atom. The van der Waals surface area contributed by atoms with Crippen molar-refractivity contribution in [2.45, 2.75) is 57.2 Å². The van der Waals surface area contributed by atoms with Gasteiger partial charge in [-0.15, -0.1) is 0 Å². The fraction of sp³-hybridized carbons (Fsp3) is 0.375. The molecule has 0 aromatic heterocycles. The van der Waals surface area contributed by atoms with Crippen LogP contribution in [0.1, 0.15) is 67.4 Å². The van der Waals surface area contributed by atoms with Crippen LogP contribution in [0, 0.1) is 17.1 Å². The number of aliphatic hydroxyl groups is 1. The number of esters is 1. The molecule has 1 aliphatic heterocycles. The van der Waals surface area contributed by atoms with Gasteiger partial charge in [-0.1, -0.05) is 6.07 Å². The summed E-state index contributed by atoms with van der Waals surface area (Å²) in [6.45, 7) is 4.09. The third-order valence-corrected chi connectivity index (χ3v) is 7.30. The minimum Gasteiger partial charge on any atom is -0.493 e. The fourth-order valence-corrected chi connectivity index (χ4v) is 5.12. The van der Waals surface area contributed by atoms with Gasteiger partial charge >= 0.3 is 5.97 Å². The molecule has 5 rings (SSSR count). The highest BCUT2D eigenvalue weighted by Gasteiger charge is 2.32. The zero-order valence-corrected chi connectivity index (χ0v) is 23.2. The van der Waals surface area contributed by atoms with Crippen LogP contribution in [0.4, 0.5) is 4.39 Å². The molecule has 2 aliphatic rings. The number of nitrogens with zero attached hydrogens (tertiary/aromatic N) is 1. The van der Waals surface area contributed by atoms with Gasteiger partial charge in [-0.2, -0.15) is 5.26 Å². The first-order chi connectivity index (χ1) is 19.6. The molecule has 41 heavy (non-hydrogen) atoms. The smallest absolute Gasteiger partial charge is 0.306 e. The predicted octanol–water partition coefficient (Wildman–Crippen LogP) is 6.13. The first-order valence-electron chi connectivity index (χ1n) is 13.5. The Balaban J connectivity index is 1.31. The molecule has 0 bridgehead atoms. The third-order valence-electron chi connectivity index (χ3n) is 7.30. The summed E-state index contributed by atoms with van der Waals surface area (Å²) in [6.07, 6.45) is 1.23. The summed E-state index contributed by atoms with van der Waals surface area (Å²) in [5.41, 5.74) is 1.46. The molecule has 1 N–H and O–H groups in total. The second-order valence-electron chi connectivity index (χ2n) is 10.9. The van der Waals surface area contributed by atoms with Crippen molar-refractivity contribution in [2.24, 2.45) is 0 Å². The van der Waals surface area contributed by atoms with Crippen molar-refractivity contribution in [1.82, 2.24) is 0 Å². The predicted molar refractivity (Wildman–Crippen MR) is 147 cm³/mol. The maximum Gasteiger partial charge on any atom is 0.306 e. The molecule has 3 aromatic rings. The minimum absolute atomic E-state index is 0.0810. The highest BCUT2D eigenvalue weighted by Crippen LogP contribution is 2.45. The normalized spacial score (nSPS) is 17.2. The number of fused-ring (bicyclic) bond motifs is 2. The molecular formula is C32H32FNO7. The summed E-state index contributed by atoms with van der Waals surface area (Å²) < 4.78 is 43.7. The second-order valence-corrected chi connectivity index (χ2v) is 10.9. The van der Waals surface area contributed by atoms with Gasteiger partial charge in [0.25, 0.3) is 0 Å². The van der Waals surface area contributed by atoms with E-state index in [-0.39, 0.29) is 29.7 Å². The number of carbonyl (C=O) groups is 1. The van der Waals surface area contributed by atoms with E-state index < -0.39 is 11.7 Å². The van der Waals surface area contributed by atoms with E-state index in [1.807, 2.05) is 6.07 Å². The van der Waals surface area contributed by atoms with Crippen LogP contribution in [0.3, 0.4) is 0 Å². The van der Waals surface area contributed by atoms with Crippen LogP contribution in [0.25, 0.3) is 0 Å². The Bertz CT molecular complexity index is 1490. The van der Waals surface area contributed by atoms with Gasteiger partial charge in [0.05, 0.1) is 37.9 Å². The number of carbonyl (C=O) groups excluding carboxylic acids is 1. The molecule has 1 unspecified atom stereocenters. The summed E-state index contributed by atoms with van der Waals surface area (Å²) in [6, 6.07) is 15.4. The zero-order valence-electron chi connectivity index (χ0n) is 23.2. The summed E-state index contributed by atoms with van der Waals surface area (Å²) in [7, 11) is 1.36. The van der Waals surface area contributed by atoms with E-state index in [9.17, 15) is 15.2 Å². The number of methoxy groups -OCH3 is 1. The van der Waals surface area contributed by atoms with Crippen molar-refractivity contribution >= 4 is 5.97 Å². The Kier molecular flexibility index (Phi) is 8.04. The van der Waals surface area contributed by atoms with E-state index in [1.165, 1.54) is 13.2 Å². The number of benzene rings is 3. The van der Waals surface area contributed by atoms with Crippen molar-refractivity contribution in [3.8, 4) is 34.8 Å². The molecule has 0 amide bonds. The molecule has 8 nitrogen and oxygen atoms in total. The average molecular weight is 562 g/mol. The van der Waals surface area contributed by atoms with Gasteiger partial charge in [-0.3, -0.25) is 4.79 Å². The summed E-state index contributed by atoms with van der Waals surface area (Å²) in [5.74, 6) is 1.70. The van der Waals surface area contributed by atoms with E-state index in [2.05, 4.69) is 6.07 Å². The number of ether oxygens (including phenoxy) is 5.